The molecule has 2 aromatic rings. The summed E-state index contributed by atoms with van der Waals surface area (Å²) >= 11 is 0. The van der Waals surface area contributed by atoms with Gasteiger partial charge in [0.1, 0.15) is 11.6 Å². The zero-order chi connectivity index (χ0) is 14.7. The standard InChI is InChI=1S/C17H18F2O/c1-11-3-6-13(7-4-11)8-10-15(20)16-14(18)9-5-12(2)17(16)19/h3-7,9,15,20H,8,10H2,1-2H3. The molecule has 0 fully saturated rings. The van der Waals surface area contributed by atoms with E-state index in [4.69, 9.17) is 0 Å². The van der Waals surface area contributed by atoms with Gasteiger partial charge in [-0.1, -0.05) is 35.9 Å². The molecule has 0 aliphatic heterocycles. The van der Waals surface area contributed by atoms with Crippen LogP contribution in [0.2, 0.25) is 0 Å². The monoisotopic (exact) mass is 276 g/mol. The van der Waals surface area contributed by atoms with Gasteiger partial charge in [0.15, 0.2) is 0 Å². The Labute approximate surface area is 117 Å². The first-order chi connectivity index (χ1) is 9.49. The predicted molar refractivity (Wildman–Crippen MR) is 75.6 cm³/mol. The van der Waals surface area contributed by atoms with E-state index in [2.05, 4.69) is 0 Å². The molecule has 0 amide bonds. The molecule has 0 heterocycles. The van der Waals surface area contributed by atoms with Gasteiger partial charge in [-0.05, 0) is 43.9 Å². The number of hydrogen-bond acceptors (Lipinski definition) is 1. The average molecular weight is 276 g/mol. The van der Waals surface area contributed by atoms with Crippen molar-refractivity contribution in [3.05, 3.63) is 70.3 Å². The highest BCUT2D eigenvalue weighted by Crippen LogP contribution is 2.26. The fourth-order valence-electron chi connectivity index (χ4n) is 2.19. The second-order valence-corrected chi connectivity index (χ2v) is 5.13. The first-order valence-corrected chi connectivity index (χ1v) is 6.67. The summed E-state index contributed by atoms with van der Waals surface area (Å²) in [6.45, 7) is 3.56. The van der Waals surface area contributed by atoms with Gasteiger partial charge >= 0.3 is 0 Å². The minimum Gasteiger partial charge on any atom is -0.388 e. The molecular weight excluding hydrogens is 258 g/mol. The summed E-state index contributed by atoms with van der Waals surface area (Å²) in [6, 6.07) is 10.5. The van der Waals surface area contributed by atoms with Crippen LogP contribution in [0.1, 0.15) is 34.8 Å². The quantitative estimate of drug-likeness (QED) is 0.885. The van der Waals surface area contributed by atoms with E-state index >= 15 is 0 Å². The maximum Gasteiger partial charge on any atom is 0.134 e. The van der Waals surface area contributed by atoms with Gasteiger partial charge in [-0.2, -0.15) is 0 Å². The smallest absolute Gasteiger partial charge is 0.134 e. The van der Waals surface area contributed by atoms with E-state index in [9.17, 15) is 13.9 Å². The minimum atomic E-state index is -1.13. The summed E-state index contributed by atoms with van der Waals surface area (Å²) in [4.78, 5) is 0. The highest BCUT2D eigenvalue weighted by Gasteiger charge is 2.19. The largest absolute Gasteiger partial charge is 0.388 e. The molecule has 106 valence electrons. The van der Waals surface area contributed by atoms with Crippen LogP contribution in [-0.2, 0) is 6.42 Å². The summed E-state index contributed by atoms with van der Waals surface area (Å²) in [5, 5.41) is 10.0. The van der Waals surface area contributed by atoms with Crippen LogP contribution in [0, 0.1) is 25.5 Å². The molecule has 0 aliphatic carbocycles. The van der Waals surface area contributed by atoms with Crippen LogP contribution < -0.4 is 0 Å². The molecule has 0 spiro atoms. The molecule has 1 unspecified atom stereocenters. The second kappa shape index (κ2) is 6.14. The number of halogens is 2. The van der Waals surface area contributed by atoms with Crippen LogP contribution in [0.3, 0.4) is 0 Å². The zero-order valence-corrected chi connectivity index (χ0v) is 11.7. The third kappa shape index (κ3) is 3.23. The number of aliphatic hydroxyl groups excluding tert-OH is 1. The number of benzene rings is 2. The van der Waals surface area contributed by atoms with Gasteiger partial charge in [0, 0.05) is 0 Å². The highest BCUT2D eigenvalue weighted by atomic mass is 19.1. The van der Waals surface area contributed by atoms with E-state index < -0.39 is 17.7 Å². The summed E-state index contributed by atoms with van der Waals surface area (Å²) < 4.78 is 27.6. The molecule has 1 N–H and O–H groups in total. The van der Waals surface area contributed by atoms with Crippen LogP contribution in [-0.4, -0.2) is 5.11 Å². The van der Waals surface area contributed by atoms with Crippen LogP contribution in [0.15, 0.2) is 36.4 Å². The lowest BCUT2D eigenvalue weighted by Crippen LogP contribution is -2.07. The lowest BCUT2D eigenvalue weighted by Gasteiger charge is -2.14. The van der Waals surface area contributed by atoms with Gasteiger partial charge in [-0.3, -0.25) is 0 Å². The molecule has 0 aromatic heterocycles. The lowest BCUT2D eigenvalue weighted by molar-refractivity contribution is 0.158. The van der Waals surface area contributed by atoms with Crippen molar-refractivity contribution >= 4 is 0 Å². The Morgan fingerprint density at radius 3 is 2.30 bits per heavy atom. The zero-order valence-electron chi connectivity index (χ0n) is 11.7. The van der Waals surface area contributed by atoms with Gasteiger partial charge < -0.3 is 5.11 Å². The van der Waals surface area contributed by atoms with Crippen molar-refractivity contribution in [1.29, 1.82) is 0 Å². The van der Waals surface area contributed by atoms with Gasteiger partial charge in [0.05, 0.1) is 11.7 Å². The van der Waals surface area contributed by atoms with E-state index in [-0.39, 0.29) is 5.56 Å². The lowest BCUT2D eigenvalue weighted by atomic mass is 9.98. The van der Waals surface area contributed by atoms with Crippen molar-refractivity contribution in [2.75, 3.05) is 0 Å². The van der Waals surface area contributed by atoms with Gasteiger partial charge in [0.25, 0.3) is 0 Å². The van der Waals surface area contributed by atoms with Gasteiger partial charge in [-0.15, -0.1) is 0 Å². The second-order valence-electron chi connectivity index (χ2n) is 5.13. The third-order valence-corrected chi connectivity index (χ3v) is 3.48. The highest BCUT2D eigenvalue weighted by molar-refractivity contribution is 5.29. The van der Waals surface area contributed by atoms with Crippen molar-refractivity contribution in [2.24, 2.45) is 0 Å². The molecule has 0 saturated heterocycles. The van der Waals surface area contributed by atoms with Gasteiger partial charge in [0.2, 0.25) is 0 Å². The van der Waals surface area contributed by atoms with Crippen LogP contribution >= 0.6 is 0 Å². The number of hydrogen-bond donors (Lipinski definition) is 1. The number of aliphatic hydroxyl groups is 1. The number of rotatable bonds is 4. The number of aryl methyl sites for hydroxylation is 3. The third-order valence-electron chi connectivity index (χ3n) is 3.48. The maximum absolute atomic E-state index is 13.9. The first kappa shape index (κ1) is 14.7. The Morgan fingerprint density at radius 2 is 1.65 bits per heavy atom. The molecule has 3 heteroatoms. The predicted octanol–water partition coefficient (Wildman–Crippen LogP) is 4.25. The average Bonchev–Trinajstić information content (AvgIpc) is 2.43. The minimum absolute atomic E-state index is 0.225. The van der Waals surface area contributed by atoms with Crippen molar-refractivity contribution < 1.29 is 13.9 Å². The fraction of sp³-hybridized carbons (Fsp3) is 0.294. The molecular formula is C17H18F2O. The fourth-order valence-corrected chi connectivity index (χ4v) is 2.19. The topological polar surface area (TPSA) is 20.2 Å². The van der Waals surface area contributed by atoms with Crippen LogP contribution in [0.5, 0.6) is 0 Å². The van der Waals surface area contributed by atoms with E-state index in [1.54, 1.807) is 6.92 Å². The van der Waals surface area contributed by atoms with E-state index in [0.29, 0.717) is 18.4 Å². The Hall–Kier alpha value is -1.74. The molecule has 2 rings (SSSR count). The van der Waals surface area contributed by atoms with Crippen LogP contribution in [0.4, 0.5) is 8.78 Å². The Morgan fingerprint density at radius 1 is 1.00 bits per heavy atom. The molecule has 0 aliphatic rings. The molecule has 0 bridgehead atoms. The first-order valence-electron chi connectivity index (χ1n) is 6.67. The maximum atomic E-state index is 13.9. The SMILES string of the molecule is Cc1ccc(CCC(O)c2c(F)ccc(C)c2F)cc1. The van der Waals surface area contributed by atoms with Gasteiger partial charge in [-0.25, -0.2) is 8.78 Å². The van der Waals surface area contributed by atoms with Crippen molar-refractivity contribution in [3.8, 4) is 0 Å². The van der Waals surface area contributed by atoms with E-state index in [1.165, 1.54) is 12.1 Å². The van der Waals surface area contributed by atoms with E-state index in [1.807, 2.05) is 31.2 Å². The normalized spacial score (nSPS) is 12.4. The molecule has 0 radical (unpaired) electrons. The van der Waals surface area contributed by atoms with Crippen molar-refractivity contribution in [3.63, 3.8) is 0 Å². The summed E-state index contributed by atoms with van der Waals surface area (Å²) in [7, 11) is 0. The molecule has 20 heavy (non-hydrogen) atoms. The molecule has 0 saturated carbocycles. The summed E-state index contributed by atoms with van der Waals surface area (Å²) in [6.07, 6.45) is -0.259. The summed E-state index contributed by atoms with van der Waals surface area (Å²) in [5.74, 6) is -1.34. The molecule has 1 atom stereocenters. The molecule has 2 aromatic carbocycles. The van der Waals surface area contributed by atoms with Crippen molar-refractivity contribution in [2.45, 2.75) is 32.8 Å². The summed E-state index contributed by atoms with van der Waals surface area (Å²) in [5.41, 5.74) is 2.32. The Bertz CT molecular complexity index is 591. The van der Waals surface area contributed by atoms with E-state index in [0.717, 1.165) is 11.1 Å². The Balaban J connectivity index is 2.11. The van der Waals surface area contributed by atoms with Crippen molar-refractivity contribution in [1.82, 2.24) is 0 Å². The van der Waals surface area contributed by atoms with Crippen LogP contribution in [0.25, 0.3) is 0 Å². The Kier molecular flexibility index (Phi) is 4.50. The molecule has 1 nitrogen and oxygen atoms in total.